The molecule has 2 heterocycles. The van der Waals surface area contributed by atoms with Gasteiger partial charge >= 0.3 is 0 Å². The molecule has 3 rings (SSSR count). The highest BCUT2D eigenvalue weighted by molar-refractivity contribution is 5.59. The van der Waals surface area contributed by atoms with Crippen LogP contribution in [-0.4, -0.2) is 29.4 Å². The molecule has 1 N–H and O–H groups in total. The van der Waals surface area contributed by atoms with E-state index in [1.165, 1.54) is 0 Å². The molecule has 2 aromatic heterocycles. The molecular formula is C17H18N4O3. The SMILES string of the molecule is COc1ccc(-c2nnc(CNCc3ccccn3)o2)cc1OC. The van der Waals surface area contributed by atoms with Crippen molar-refractivity contribution in [3.05, 3.63) is 54.2 Å². The highest BCUT2D eigenvalue weighted by atomic mass is 16.5. The van der Waals surface area contributed by atoms with Crippen molar-refractivity contribution < 1.29 is 13.9 Å². The van der Waals surface area contributed by atoms with Gasteiger partial charge < -0.3 is 19.2 Å². The molecule has 124 valence electrons. The third kappa shape index (κ3) is 3.69. The first-order chi connectivity index (χ1) is 11.8. The summed E-state index contributed by atoms with van der Waals surface area (Å²) < 4.78 is 16.2. The third-order valence-corrected chi connectivity index (χ3v) is 3.41. The van der Waals surface area contributed by atoms with Crippen LogP contribution < -0.4 is 14.8 Å². The van der Waals surface area contributed by atoms with Gasteiger partial charge in [0.2, 0.25) is 11.8 Å². The molecule has 24 heavy (non-hydrogen) atoms. The fourth-order valence-electron chi connectivity index (χ4n) is 2.21. The summed E-state index contributed by atoms with van der Waals surface area (Å²) in [5.41, 5.74) is 1.73. The number of rotatable bonds is 7. The minimum absolute atomic E-state index is 0.436. The van der Waals surface area contributed by atoms with Gasteiger partial charge in [-0.1, -0.05) is 6.07 Å². The highest BCUT2D eigenvalue weighted by Crippen LogP contribution is 2.31. The fourth-order valence-corrected chi connectivity index (χ4v) is 2.21. The fraction of sp³-hybridized carbons (Fsp3) is 0.235. The molecular weight excluding hydrogens is 308 g/mol. The number of hydrogen-bond acceptors (Lipinski definition) is 7. The maximum Gasteiger partial charge on any atom is 0.247 e. The standard InChI is InChI=1S/C17H18N4O3/c1-22-14-7-6-12(9-15(14)23-2)17-21-20-16(24-17)11-18-10-13-5-3-4-8-19-13/h3-9,18H,10-11H2,1-2H3. The Hall–Kier alpha value is -2.93. The molecule has 0 saturated carbocycles. The van der Waals surface area contributed by atoms with Crippen molar-refractivity contribution >= 4 is 0 Å². The van der Waals surface area contributed by atoms with Crippen molar-refractivity contribution in [2.24, 2.45) is 0 Å². The topological polar surface area (TPSA) is 82.3 Å². The van der Waals surface area contributed by atoms with E-state index in [0.717, 1.165) is 11.3 Å². The van der Waals surface area contributed by atoms with Gasteiger partial charge in [-0.3, -0.25) is 4.98 Å². The van der Waals surface area contributed by atoms with Gasteiger partial charge in [0.05, 0.1) is 26.5 Å². The van der Waals surface area contributed by atoms with Gasteiger partial charge in [0.1, 0.15) is 0 Å². The zero-order chi connectivity index (χ0) is 16.8. The molecule has 0 unspecified atom stereocenters. The van der Waals surface area contributed by atoms with Crippen LogP contribution in [0.25, 0.3) is 11.5 Å². The van der Waals surface area contributed by atoms with Crippen LogP contribution in [0.3, 0.4) is 0 Å². The third-order valence-electron chi connectivity index (χ3n) is 3.41. The van der Waals surface area contributed by atoms with Gasteiger partial charge in [0, 0.05) is 18.3 Å². The van der Waals surface area contributed by atoms with E-state index in [4.69, 9.17) is 13.9 Å². The van der Waals surface area contributed by atoms with Gasteiger partial charge in [-0.15, -0.1) is 10.2 Å². The predicted octanol–water partition coefficient (Wildman–Crippen LogP) is 2.44. The smallest absolute Gasteiger partial charge is 0.247 e. The van der Waals surface area contributed by atoms with Gasteiger partial charge in [-0.2, -0.15) is 0 Å². The normalized spacial score (nSPS) is 10.6. The Morgan fingerprint density at radius 1 is 1.00 bits per heavy atom. The number of benzene rings is 1. The zero-order valence-corrected chi connectivity index (χ0v) is 13.5. The lowest BCUT2D eigenvalue weighted by Gasteiger charge is -2.07. The molecule has 7 heteroatoms. The van der Waals surface area contributed by atoms with Crippen LogP contribution in [0.15, 0.2) is 47.0 Å². The lowest BCUT2D eigenvalue weighted by atomic mass is 10.2. The Morgan fingerprint density at radius 3 is 2.62 bits per heavy atom. The molecule has 0 fully saturated rings. The average Bonchev–Trinajstić information content (AvgIpc) is 3.11. The molecule has 0 aliphatic heterocycles. The number of pyridine rings is 1. The summed E-state index contributed by atoms with van der Waals surface area (Å²) in [4.78, 5) is 4.24. The number of nitrogens with zero attached hydrogens (tertiary/aromatic N) is 3. The van der Waals surface area contributed by atoms with Crippen LogP contribution >= 0.6 is 0 Å². The van der Waals surface area contributed by atoms with Crippen molar-refractivity contribution in [2.45, 2.75) is 13.1 Å². The Bertz CT molecular complexity index is 790. The Balaban J connectivity index is 1.65. The van der Waals surface area contributed by atoms with E-state index in [2.05, 4.69) is 20.5 Å². The highest BCUT2D eigenvalue weighted by Gasteiger charge is 2.12. The molecule has 1 aromatic carbocycles. The Morgan fingerprint density at radius 2 is 1.88 bits per heavy atom. The number of aromatic nitrogens is 3. The molecule has 3 aromatic rings. The average molecular weight is 326 g/mol. The van der Waals surface area contributed by atoms with E-state index >= 15 is 0 Å². The molecule has 0 atom stereocenters. The second kappa shape index (κ2) is 7.56. The van der Waals surface area contributed by atoms with Crippen LogP contribution in [0.1, 0.15) is 11.6 Å². The quantitative estimate of drug-likeness (QED) is 0.714. The summed E-state index contributed by atoms with van der Waals surface area (Å²) >= 11 is 0. The van der Waals surface area contributed by atoms with E-state index in [1.54, 1.807) is 32.5 Å². The van der Waals surface area contributed by atoms with E-state index in [9.17, 15) is 0 Å². The molecule has 0 amide bonds. The summed E-state index contributed by atoms with van der Waals surface area (Å²) in [6.07, 6.45) is 1.76. The molecule has 7 nitrogen and oxygen atoms in total. The summed E-state index contributed by atoms with van der Waals surface area (Å²) in [7, 11) is 3.18. The van der Waals surface area contributed by atoms with Gasteiger partial charge in [0.15, 0.2) is 11.5 Å². The van der Waals surface area contributed by atoms with Gasteiger partial charge in [-0.25, -0.2) is 0 Å². The summed E-state index contributed by atoms with van der Waals surface area (Å²) in [5.74, 6) is 2.21. The first-order valence-electron chi connectivity index (χ1n) is 7.45. The Labute approximate surface area is 139 Å². The predicted molar refractivity (Wildman–Crippen MR) is 87.6 cm³/mol. The molecule has 0 aliphatic carbocycles. The van der Waals surface area contributed by atoms with Crippen molar-refractivity contribution in [1.82, 2.24) is 20.5 Å². The van der Waals surface area contributed by atoms with Crippen LogP contribution in [0.4, 0.5) is 0 Å². The molecule has 0 aliphatic rings. The van der Waals surface area contributed by atoms with Crippen molar-refractivity contribution in [1.29, 1.82) is 0 Å². The Kier molecular flexibility index (Phi) is 5.02. The first kappa shape index (κ1) is 15.9. The monoisotopic (exact) mass is 326 g/mol. The van der Waals surface area contributed by atoms with Crippen LogP contribution in [0.2, 0.25) is 0 Å². The van der Waals surface area contributed by atoms with Gasteiger partial charge in [-0.05, 0) is 30.3 Å². The lowest BCUT2D eigenvalue weighted by Crippen LogP contribution is -2.13. The van der Waals surface area contributed by atoms with Crippen molar-refractivity contribution in [2.75, 3.05) is 14.2 Å². The van der Waals surface area contributed by atoms with Crippen LogP contribution in [-0.2, 0) is 13.1 Å². The molecule has 0 saturated heterocycles. The minimum atomic E-state index is 0.436. The number of nitrogens with one attached hydrogen (secondary N) is 1. The molecule has 0 radical (unpaired) electrons. The van der Waals surface area contributed by atoms with E-state index < -0.39 is 0 Å². The van der Waals surface area contributed by atoms with E-state index in [0.29, 0.717) is 36.4 Å². The maximum atomic E-state index is 5.68. The maximum absolute atomic E-state index is 5.68. The molecule has 0 bridgehead atoms. The van der Waals surface area contributed by atoms with Crippen LogP contribution in [0.5, 0.6) is 11.5 Å². The first-order valence-corrected chi connectivity index (χ1v) is 7.45. The largest absolute Gasteiger partial charge is 0.493 e. The summed E-state index contributed by atoms with van der Waals surface area (Å²) in [6.45, 7) is 1.10. The summed E-state index contributed by atoms with van der Waals surface area (Å²) in [6, 6.07) is 11.2. The second-order valence-electron chi connectivity index (χ2n) is 5.00. The van der Waals surface area contributed by atoms with Gasteiger partial charge in [0.25, 0.3) is 0 Å². The van der Waals surface area contributed by atoms with Crippen molar-refractivity contribution in [3.63, 3.8) is 0 Å². The second-order valence-corrected chi connectivity index (χ2v) is 5.00. The van der Waals surface area contributed by atoms with Crippen LogP contribution in [0, 0.1) is 0 Å². The zero-order valence-electron chi connectivity index (χ0n) is 13.5. The molecule has 0 spiro atoms. The number of ether oxygens (including phenoxy) is 2. The van der Waals surface area contributed by atoms with E-state index in [-0.39, 0.29) is 0 Å². The summed E-state index contributed by atoms with van der Waals surface area (Å²) in [5, 5.41) is 11.3. The number of hydrogen-bond donors (Lipinski definition) is 1. The minimum Gasteiger partial charge on any atom is -0.493 e. The lowest BCUT2D eigenvalue weighted by molar-refractivity contribution is 0.355. The number of methoxy groups -OCH3 is 2. The van der Waals surface area contributed by atoms with E-state index in [1.807, 2.05) is 24.3 Å². The van der Waals surface area contributed by atoms with Crippen molar-refractivity contribution in [3.8, 4) is 23.0 Å².